The van der Waals surface area contributed by atoms with Crippen LogP contribution in [-0.2, 0) is 15.7 Å². The molecule has 7 heteroatoms. The molecule has 1 atom stereocenters. The van der Waals surface area contributed by atoms with E-state index in [2.05, 4.69) is 5.32 Å². The number of alkyl halides is 3. The van der Waals surface area contributed by atoms with Crippen molar-refractivity contribution in [1.82, 2.24) is 0 Å². The molecule has 0 heterocycles. The van der Waals surface area contributed by atoms with Gasteiger partial charge in [-0.3, -0.25) is 4.79 Å². The van der Waals surface area contributed by atoms with Crippen LogP contribution in [-0.4, -0.2) is 24.7 Å². The number of rotatable bonds is 7. The molecule has 0 aliphatic rings. The second-order valence-corrected chi connectivity index (χ2v) is 5.11. The minimum Gasteiger partial charge on any atom is -0.493 e. The molecule has 0 saturated carbocycles. The van der Waals surface area contributed by atoms with E-state index < -0.39 is 23.2 Å². The lowest BCUT2D eigenvalue weighted by Gasteiger charge is -2.27. The number of hydrogen-bond donors (Lipinski definition) is 1. The van der Waals surface area contributed by atoms with E-state index in [0.717, 1.165) is 6.07 Å². The van der Waals surface area contributed by atoms with E-state index >= 15 is 0 Å². The predicted octanol–water partition coefficient (Wildman–Crippen LogP) is 4.25. The number of nitrogens with one attached hydrogen (secondary N) is 1. The molecule has 0 aliphatic heterocycles. The van der Waals surface area contributed by atoms with Crippen molar-refractivity contribution in [2.24, 2.45) is 0 Å². The van der Waals surface area contributed by atoms with Gasteiger partial charge in [-0.05, 0) is 45.4 Å². The molecule has 1 rings (SSSR count). The van der Waals surface area contributed by atoms with Crippen LogP contribution < -0.4 is 10.1 Å². The highest BCUT2D eigenvalue weighted by Crippen LogP contribution is 2.38. The fourth-order valence-corrected chi connectivity index (χ4v) is 2.02. The summed E-state index contributed by atoms with van der Waals surface area (Å²) in [5, 5.41) is 2.48. The van der Waals surface area contributed by atoms with Crippen LogP contribution in [0.25, 0.3) is 0 Å². The van der Waals surface area contributed by atoms with Gasteiger partial charge in [0.1, 0.15) is 11.4 Å². The number of carbonyl (C=O) groups excluding carboxylic acids is 1. The lowest BCUT2D eigenvalue weighted by Crippen LogP contribution is -2.42. The molecule has 0 unspecified atom stereocenters. The third kappa shape index (κ3) is 4.86. The Hall–Kier alpha value is -1.76. The molecule has 1 aromatic rings. The molecular formula is C16H22F3NO3. The Bertz CT molecular complexity index is 546. The normalized spacial score (nSPS) is 14.2. The number of halogens is 3. The first-order chi connectivity index (χ1) is 10.7. The Morgan fingerprint density at radius 1 is 1.17 bits per heavy atom. The molecule has 0 aromatic heterocycles. The monoisotopic (exact) mass is 333 g/mol. The van der Waals surface area contributed by atoms with Gasteiger partial charge in [0.05, 0.1) is 12.2 Å². The number of amides is 1. The summed E-state index contributed by atoms with van der Waals surface area (Å²) < 4.78 is 49.7. The molecule has 1 amide bonds. The summed E-state index contributed by atoms with van der Waals surface area (Å²) in [4.78, 5) is 12.3. The number of benzene rings is 1. The van der Waals surface area contributed by atoms with Crippen molar-refractivity contribution in [3.63, 3.8) is 0 Å². The third-order valence-corrected chi connectivity index (χ3v) is 3.46. The summed E-state index contributed by atoms with van der Waals surface area (Å²) in [7, 11) is 0. The molecule has 1 N–H and O–H groups in total. The largest absolute Gasteiger partial charge is 0.493 e. The Morgan fingerprint density at radius 3 is 2.30 bits per heavy atom. The predicted molar refractivity (Wildman–Crippen MR) is 81.6 cm³/mol. The zero-order valence-electron chi connectivity index (χ0n) is 13.7. The van der Waals surface area contributed by atoms with Gasteiger partial charge in [-0.1, -0.05) is 6.92 Å². The van der Waals surface area contributed by atoms with Crippen LogP contribution in [0.5, 0.6) is 5.75 Å². The van der Waals surface area contributed by atoms with E-state index in [9.17, 15) is 18.0 Å². The Balaban J connectivity index is 3.08. The summed E-state index contributed by atoms with van der Waals surface area (Å²) in [6, 6.07) is 3.44. The van der Waals surface area contributed by atoms with E-state index in [1.165, 1.54) is 12.1 Å². The second kappa shape index (κ2) is 7.68. The third-order valence-electron chi connectivity index (χ3n) is 3.46. The van der Waals surface area contributed by atoms with Gasteiger partial charge in [0.25, 0.3) is 5.91 Å². The molecule has 0 aliphatic carbocycles. The topological polar surface area (TPSA) is 47.6 Å². The van der Waals surface area contributed by atoms with Crippen LogP contribution in [0.1, 0.15) is 39.7 Å². The number of carbonyl (C=O) groups is 1. The molecule has 1 aromatic carbocycles. The number of anilines is 1. The average Bonchev–Trinajstić information content (AvgIpc) is 2.48. The SMILES string of the molecule is CCOc1ccc(NC(=O)[C@@](C)(CC)OCC)cc1C(F)(F)F. The van der Waals surface area contributed by atoms with E-state index in [-0.39, 0.29) is 18.0 Å². The molecule has 23 heavy (non-hydrogen) atoms. The smallest absolute Gasteiger partial charge is 0.420 e. The van der Waals surface area contributed by atoms with Crippen molar-refractivity contribution in [3.8, 4) is 5.75 Å². The van der Waals surface area contributed by atoms with Gasteiger partial charge in [0.15, 0.2) is 0 Å². The first-order valence-corrected chi connectivity index (χ1v) is 7.47. The van der Waals surface area contributed by atoms with E-state index in [1.807, 2.05) is 0 Å². The molecule has 0 saturated heterocycles. The van der Waals surface area contributed by atoms with E-state index in [1.54, 1.807) is 27.7 Å². The van der Waals surface area contributed by atoms with Crippen molar-refractivity contribution in [2.75, 3.05) is 18.5 Å². The number of ether oxygens (including phenoxy) is 2. The average molecular weight is 333 g/mol. The quantitative estimate of drug-likeness (QED) is 0.811. The molecule has 4 nitrogen and oxygen atoms in total. The zero-order chi connectivity index (χ0) is 17.7. The molecule has 0 bridgehead atoms. The van der Waals surface area contributed by atoms with Crippen LogP contribution in [0.15, 0.2) is 18.2 Å². The summed E-state index contributed by atoms with van der Waals surface area (Å²) in [6.07, 6.45) is -4.17. The van der Waals surface area contributed by atoms with Gasteiger partial charge in [0.2, 0.25) is 0 Å². The highest BCUT2D eigenvalue weighted by Gasteiger charge is 2.36. The first-order valence-electron chi connectivity index (χ1n) is 7.47. The van der Waals surface area contributed by atoms with Gasteiger partial charge in [-0.15, -0.1) is 0 Å². The number of hydrogen-bond acceptors (Lipinski definition) is 3. The van der Waals surface area contributed by atoms with Gasteiger partial charge in [0, 0.05) is 12.3 Å². The minimum atomic E-state index is -4.57. The molecular weight excluding hydrogens is 311 g/mol. The zero-order valence-corrected chi connectivity index (χ0v) is 13.7. The van der Waals surface area contributed by atoms with Gasteiger partial charge in [-0.25, -0.2) is 0 Å². The van der Waals surface area contributed by atoms with Crippen molar-refractivity contribution < 1.29 is 27.4 Å². The van der Waals surface area contributed by atoms with E-state index in [0.29, 0.717) is 13.0 Å². The fourth-order valence-electron chi connectivity index (χ4n) is 2.02. The van der Waals surface area contributed by atoms with Gasteiger partial charge in [-0.2, -0.15) is 13.2 Å². The van der Waals surface area contributed by atoms with Crippen LogP contribution in [0.4, 0.5) is 18.9 Å². The Kier molecular flexibility index (Phi) is 6.44. The van der Waals surface area contributed by atoms with Crippen molar-refractivity contribution in [3.05, 3.63) is 23.8 Å². The highest BCUT2D eigenvalue weighted by atomic mass is 19.4. The Morgan fingerprint density at radius 2 is 1.83 bits per heavy atom. The van der Waals surface area contributed by atoms with Crippen molar-refractivity contribution >= 4 is 11.6 Å². The van der Waals surface area contributed by atoms with E-state index in [4.69, 9.17) is 9.47 Å². The van der Waals surface area contributed by atoms with Crippen LogP contribution in [0.2, 0.25) is 0 Å². The lowest BCUT2D eigenvalue weighted by molar-refractivity contribution is -0.140. The standard InChI is InChI=1S/C16H22F3NO3/c1-5-15(4,23-7-3)14(21)20-11-8-9-13(22-6-2)12(10-11)16(17,18)19/h8-10H,5-7H2,1-4H3,(H,20,21)/t15-/m1/s1. The Labute approximate surface area is 134 Å². The molecule has 0 fully saturated rings. The van der Waals surface area contributed by atoms with Crippen LogP contribution in [0.3, 0.4) is 0 Å². The van der Waals surface area contributed by atoms with Crippen molar-refractivity contribution in [1.29, 1.82) is 0 Å². The molecule has 130 valence electrons. The van der Waals surface area contributed by atoms with Gasteiger partial charge < -0.3 is 14.8 Å². The summed E-state index contributed by atoms with van der Waals surface area (Å²) >= 11 is 0. The van der Waals surface area contributed by atoms with Crippen LogP contribution in [0, 0.1) is 0 Å². The summed E-state index contributed by atoms with van der Waals surface area (Å²) in [5.74, 6) is -0.750. The maximum atomic E-state index is 13.1. The first kappa shape index (κ1) is 19.3. The molecule has 0 radical (unpaired) electrons. The second-order valence-electron chi connectivity index (χ2n) is 5.11. The fraction of sp³-hybridized carbons (Fsp3) is 0.562. The highest BCUT2D eigenvalue weighted by molar-refractivity contribution is 5.97. The van der Waals surface area contributed by atoms with Gasteiger partial charge >= 0.3 is 6.18 Å². The minimum absolute atomic E-state index is 0.0464. The lowest BCUT2D eigenvalue weighted by atomic mass is 10.0. The summed E-state index contributed by atoms with van der Waals surface area (Å²) in [6.45, 7) is 7.17. The maximum absolute atomic E-state index is 13.1. The van der Waals surface area contributed by atoms with Crippen LogP contribution >= 0.6 is 0 Å². The maximum Gasteiger partial charge on any atom is 0.420 e. The van der Waals surface area contributed by atoms with Crippen molar-refractivity contribution in [2.45, 2.75) is 45.9 Å². The molecule has 0 spiro atoms. The summed E-state index contributed by atoms with van der Waals surface area (Å²) in [5.41, 5.74) is -1.97.